The van der Waals surface area contributed by atoms with Crippen LogP contribution in [0, 0.1) is 20.8 Å². The fourth-order valence-electron chi connectivity index (χ4n) is 4.20. The van der Waals surface area contributed by atoms with Gasteiger partial charge in [0.25, 0.3) is 10.0 Å². The molecule has 1 atom stereocenters. The Morgan fingerprint density at radius 3 is 2.58 bits per heavy atom. The zero-order valence-electron chi connectivity index (χ0n) is 17.7. The van der Waals surface area contributed by atoms with Gasteiger partial charge in [-0.25, -0.2) is 13.4 Å². The van der Waals surface area contributed by atoms with E-state index >= 15 is 0 Å². The largest absolute Gasteiger partial charge is 0.301 e. The van der Waals surface area contributed by atoms with Crippen LogP contribution in [-0.2, 0) is 14.8 Å². The molecule has 164 valence electrons. The lowest BCUT2D eigenvalue weighted by molar-refractivity contribution is -0.120. The molecule has 3 aromatic rings. The Bertz CT molecular complexity index is 1180. The summed E-state index contributed by atoms with van der Waals surface area (Å²) in [6, 6.07) is 6.81. The Morgan fingerprint density at radius 1 is 1.16 bits per heavy atom. The minimum absolute atomic E-state index is 0.272. The first-order chi connectivity index (χ1) is 14.8. The van der Waals surface area contributed by atoms with Gasteiger partial charge in [-0.15, -0.1) is 22.7 Å². The topological polar surface area (TPSA) is 79.4 Å². The van der Waals surface area contributed by atoms with E-state index in [2.05, 4.69) is 43.2 Å². The van der Waals surface area contributed by atoms with E-state index in [1.54, 1.807) is 17.5 Å². The Kier molecular flexibility index (Phi) is 6.30. The fourth-order valence-corrected chi connectivity index (χ4v) is 7.68. The number of aryl methyl sites for hydroxylation is 3. The molecule has 31 heavy (non-hydrogen) atoms. The molecular weight excluding hydrogens is 450 g/mol. The van der Waals surface area contributed by atoms with E-state index in [0.29, 0.717) is 18.1 Å². The predicted molar refractivity (Wildman–Crippen MR) is 126 cm³/mol. The van der Waals surface area contributed by atoms with Gasteiger partial charge >= 0.3 is 0 Å². The summed E-state index contributed by atoms with van der Waals surface area (Å²) in [5, 5.41) is 7.02. The molecule has 1 aliphatic heterocycles. The van der Waals surface area contributed by atoms with Crippen molar-refractivity contribution in [2.45, 2.75) is 50.3 Å². The molecule has 0 saturated carbocycles. The van der Waals surface area contributed by atoms with Gasteiger partial charge < -0.3 is 5.32 Å². The standard InChI is InChI=1S/C22H25N3O3S3/c1-14-11-15(2)20(16(3)12-14)17-13-30-22(23-17)24-21(26)18-7-4-5-9-25(18)31(27,28)19-8-6-10-29-19/h6,8,10-13,18H,4-5,7,9H2,1-3H3,(H,23,24,26). The van der Waals surface area contributed by atoms with Crippen molar-refractivity contribution in [2.75, 3.05) is 11.9 Å². The number of aromatic nitrogens is 1. The first-order valence-electron chi connectivity index (χ1n) is 10.2. The minimum atomic E-state index is -3.68. The average molecular weight is 476 g/mol. The van der Waals surface area contributed by atoms with Crippen LogP contribution in [0.5, 0.6) is 0 Å². The molecule has 2 aromatic heterocycles. The molecule has 1 amide bonds. The molecule has 1 N–H and O–H groups in total. The number of carbonyl (C=O) groups excluding carboxylic acids is 1. The molecular formula is C22H25N3O3S3. The van der Waals surface area contributed by atoms with Crippen LogP contribution < -0.4 is 5.32 Å². The molecule has 0 radical (unpaired) electrons. The van der Waals surface area contributed by atoms with Gasteiger partial charge in [-0.3, -0.25) is 4.79 Å². The molecule has 0 aliphatic carbocycles. The number of nitrogens with zero attached hydrogens (tertiary/aromatic N) is 2. The third-order valence-corrected chi connectivity index (χ3v) is 9.52. The van der Waals surface area contributed by atoms with E-state index in [1.807, 2.05) is 5.38 Å². The number of hydrogen-bond donors (Lipinski definition) is 1. The van der Waals surface area contributed by atoms with E-state index in [9.17, 15) is 13.2 Å². The van der Waals surface area contributed by atoms with Crippen molar-refractivity contribution in [1.82, 2.24) is 9.29 Å². The maximum absolute atomic E-state index is 13.1. The molecule has 1 unspecified atom stereocenters. The number of nitrogens with one attached hydrogen (secondary N) is 1. The van der Waals surface area contributed by atoms with Crippen LogP contribution in [0.2, 0.25) is 0 Å². The highest BCUT2D eigenvalue weighted by Crippen LogP contribution is 2.32. The number of hydrogen-bond acceptors (Lipinski definition) is 6. The minimum Gasteiger partial charge on any atom is -0.301 e. The van der Waals surface area contributed by atoms with E-state index in [4.69, 9.17) is 0 Å². The summed E-state index contributed by atoms with van der Waals surface area (Å²) in [5.41, 5.74) is 5.37. The number of amides is 1. The van der Waals surface area contributed by atoms with E-state index in [1.165, 1.54) is 32.5 Å². The van der Waals surface area contributed by atoms with Crippen LogP contribution in [0.15, 0.2) is 39.2 Å². The molecule has 3 heterocycles. The van der Waals surface area contributed by atoms with E-state index in [0.717, 1.165) is 35.2 Å². The maximum Gasteiger partial charge on any atom is 0.253 e. The molecule has 4 rings (SSSR count). The predicted octanol–water partition coefficient (Wildman–Crippen LogP) is 4.98. The summed E-state index contributed by atoms with van der Waals surface area (Å²) in [4.78, 5) is 17.7. The Morgan fingerprint density at radius 2 is 1.90 bits per heavy atom. The molecule has 1 fully saturated rings. The fraction of sp³-hybridized carbons (Fsp3) is 0.364. The van der Waals surface area contributed by atoms with Crippen molar-refractivity contribution in [3.05, 3.63) is 51.7 Å². The summed E-state index contributed by atoms with van der Waals surface area (Å²) in [5.74, 6) is -0.321. The smallest absolute Gasteiger partial charge is 0.253 e. The third kappa shape index (κ3) is 4.45. The molecule has 0 spiro atoms. The van der Waals surface area contributed by atoms with E-state index in [-0.39, 0.29) is 10.1 Å². The van der Waals surface area contributed by atoms with Gasteiger partial charge in [0.15, 0.2) is 5.13 Å². The van der Waals surface area contributed by atoms with E-state index < -0.39 is 16.1 Å². The summed E-state index contributed by atoms with van der Waals surface area (Å²) >= 11 is 2.53. The van der Waals surface area contributed by atoms with Crippen LogP contribution in [0.3, 0.4) is 0 Å². The highest BCUT2D eigenvalue weighted by Gasteiger charge is 2.38. The zero-order valence-corrected chi connectivity index (χ0v) is 20.2. The molecule has 6 nitrogen and oxygen atoms in total. The number of carbonyl (C=O) groups is 1. The van der Waals surface area contributed by atoms with Crippen molar-refractivity contribution in [1.29, 1.82) is 0 Å². The summed E-state index contributed by atoms with van der Waals surface area (Å²) in [6.07, 6.45) is 2.08. The molecule has 0 bridgehead atoms. The number of sulfonamides is 1. The Labute approximate surface area is 191 Å². The van der Waals surface area contributed by atoms with Gasteiger partial charge in [-0.05, 0) is 56.2 Å². The van der Waals surface area contributed by atoms with Gasteiger partial charge in [-0.2, -0.15) is 4.31 Å². The van der Waals surface area contributed by atoms with Crippen molar-refractivity contribution in [3.8, 4) is 11.3 Å². The van der Waals surface area contributed by atoms with Crippen LogP contribution in [0.25, 0.3) is 11.3 Å². The lowest BCUT2D eigenvalue weighted by Gasteiger charge is -2.32. The highest BCUT2D eigenvalue weighted by atomic mass is 32.2. The lowest BCUT2D eigenvalue weighted by Crippen LogP contribution is -2.49. The number of anilines is 1. The molecule has 9 heteroatoms. The number of piperidine rings is 1. The third-order valence-electron chi connectivity index (χ3n) is 5.48. The maximum atomic E-state index is 13.1. The number of rotatable bonds is 5. The molecule has 1 saturated heterocycles. The second-order valence-corrected chi connectivity index (χ2v) is 11.8. The van der Waals surface area contributed by atoms with Crippen LogP contribution in [0.4, 0.5) is 5.13 Å². The van der Waals surface area contributed by atoms with Crippen molar-refractivity contribution >= 4 is 43.7 Å². The van der Waals surface area contributed by atoms with Crippen LogP contribution in [0.1, 0.15) is 36.0 Å². The second kappa shape index (κ2) is 8.82. The number of thiazole rings is 1. The first kappa shape index (κ1) is 22.1. The lowest BCUT2D eigenvalue weighted by atomic mass is 9.98. The van der Waals surface area contributed by atoms with Gasteiger partial charge in [0.05, 0.1) is 5.69 Å². The van der Waals surface area contributed by atoms with Crippen LogP contribution >= 0.6 is 22.7 Å². The highest BCUT2D eigenvalue weighted by molar-refractivity contribution is 7.91. The van der Waals surface area contributed by atoms with Gasteiger partial charge in [0.1, 0.15) is 10.3 Å². The SMILES string of the molecule is Cc1cc(C)c(-c2csc(NC(=O)C3CCCCN3S(=O)(=O)c3cccs3)n2)c(C)c1. The van der Waals surface area contributed by atoms with Crippen molar-refractivity contribution in [2.24, 2.45) is 0 Å². The van der Waals surface area contributed by atoms with Crippen molar-refractivity contribution < 1.29 is 13.2 Å². The number of thiophene rings is 1. The van der Waals surface area contributed by atoms with Gasteiger partial charge in [0.2, 0.25) is 5.91 Å². The number of benzene rings is 1. The normalized spacial score (nSPS) is 17.6. The summed E-state index contributed by atoms with van der Waals surface area (Å²) in [6.45, 7) is 6.53. The first-order valence-corrected chi connectivity index (χ1v) is 13.4. The average Bonchev–Trinajstić information content (AvgIpc) is 3.40. The monoisotopic (exact) mass is 475 g/mol. The zero-order chi connectivity index (χ0) is 22.2. The summed E-state index contributed by atoms with van der Waals surface area (Å²) in [7, 11) is -3.68. The van der Waals surface area contributed by atoms with Crippen LogP contribution in [-0.4, -0.2) is 36.2 Å². The summed E-state index contributed by atoms with van der Waals surface area (Å²) < 4.78 is 27.7. The van der Waals surface area contributed by atoms with Crippen molar-refractivity contribution in [3.63, 3.8) is 0 Å². The van der Waals surface area contributed by atoms with Gasteiger partial charge in [-0.1, -0.05) is 30.2 Å². The Hall–Kier alpha value is -2.07. The second-order valence-electron chi connectivity index (χ2n) is 7.86. The quantitative estimate of drug-likeness (QED) is 0.564. The Balaban J connectivity index is 1.56. The molecule has 1 aromatic carbocycles. The van der Waals surface area contributed by atoms with Gasteiger partial charge in [0, 0.05) is 17.5 Å². The molecule has 1 aliphatic rings.